The Labute approximate surface area is 149 Å². The smallest absolute Gasteiger partial charge is 0.326 e. The molecular weight excluding hydrogens is 332 g/mol. The van der Waals surface area contributed by atoms with Gasteiger partial charge in [0.2, 0.25) is 6.20 Å². The molecular formula is C19H19N4O3+. The number of rotatable bonds is 4. The number of hydrogen-bond acceptors (Lipinski definition) is 3. The number of ether oxygens (including phenoxy) is 1. The summed E-state index contributed by atoms with van der Waals surface area (Å²) in [6, 6.07) is 11.4. The maximum atomic E-state index is 12.5. The van der Waals surface area contributed by atoms with Gasteiger partial charge in [-0.3, -0.25) is 9.77 Å². The molecule has 0 aliphatic heterocycles. The van der Waals surface area contributed by atoms with Crippen molar-refractivity contribution in [3.63, 3.8) is 0 Å². The summed E-state index contributed by atoms with van der Waals surface area (Å²) in [4.78, 5) is 15.4. The van der Waals surface area contributed by atoms with Crippen molar-refractivity contribution >= 4 is 11.0 Å². The van der Waals surface area contributed by atoms with E-state index in [0.29, 0.717) is 11.4 Å². The molecule has 3 aromatic heterocycles. The number of fused-ring (bicyclic) bond motifs is 1. The van der Waals surface area contributed by atoms with Gasteiger partial charge in [0.15, 0.2) is 0 Å². The number of imidazole rings is 1. The summed E-state index contributed by atoms with van der Waals surface area (Å²) in [7, 11) is 1.58. The van der Waals surface area contributed by atoms with Gasteiger partial charge in [-0.15, -0.1) is 0 Å². The first kappa shape index (κ1) is 16.0. The van der Waals surface area contributed by atoms with E-state index in [0.717, 1.165) is 27.0 Å². The van der Waals surface area contributed by atoms with Crippen molar-refractivity contribution in [2.45, 2.75) is 13.5 Å². The van der Waals surface area contributed by atoms with Crippen molar-refractivity contribution < 1.29 is 14.7 Å². The zero-order chi connectivity index (χ0) is 18.3. The maximum absolute atomic E-state index is 12.5. The van der Waals surface area contributed by atoms with Gasteiger partial charge in [-0.2, -0.15) is 0 Å². The summed E-state index contributed by atoms with van der Waals surface area (Å²) in [6.07, 6.45) is 5.40. The molecule has 7 nitrogen and oxygen atoms in total. The fourth-order valence-corrected chi connectivity index (χ4v) is 3.21. The van der Waals surface area contributed by atoms with Gasteiger partial charge in [0.05, 0.1) is 23.7 Å². The molecule has 0 aliphatic rings. The summed E-state index contributed by atoms with van der Waals surface area (Å²) in [6.45, 7) is 2.08. The van der Waals surface area contributed by atoms with Crippen molar-refractivity contribution in [2.75, 3.05) is 7.11 Å². The standard InChI is InChI=1S/C19H18N4O3/c1-13-17(23(25)10-7-18(13)26-2)12-22-16-6-5-14(21-8-3-4-9-21)11-15(16)20-19(22)24/h3-11H,12H2,1-2H3,(H-,20,24,25)/p+1. The lowest BCUT2D eigenvalue weighted by atomic mass is 10.2. The van der Waals surface area contributed by atoms with E-state index in [1.165, 1.54) is 6.20 Å². The Morgan fingerprint density at radius 2 is 2.00 bits per heavy atom. The first-order valence-electron chi connectivity index (χ1n) is 8.22. The number of aromatic amines is 1. The molecule has 0 saturated heterocycles. The van der Waals surface area contributed by atoms with Crippen LogP contribution in [0.25, 0.3) is 16.7 Å². The third-order valence-corrected chi connectivity index (χ3v) is 4.63. The average molecular weight is 351 g/mol. The largest absolute Gasteiger partial charge is 0.496 e. The Hall–Kier alpha value is -3.48. The molecule has 26 heavy (non-hydrogen) atoms. The predicted molar refractivity (Wildman–Crippen MR) is 96.1 cm³/mol. The van der Waals surface area contributed by atoms with E-state index in [4.69, 9.17) is 4.74 Å². The third kappa shape index (κ3) is 2.54. The second kappa shape index (κ2) is 6.11. The van der Waals surface area contributed by atoms with Gasteiger partial charge >= 0.3 is 5.69 Å². The number of benzene rings is 1. The van der Waals surface area contributed by atoms with E-state index in [9.17, 15) is 10.0 Å². The Balaban J connectivity index is 1.81. The van der Waals surface area contributed by atoms with Gasteiger partial charge in [-0.1, -0.05) is 0 Å². The van der Waals surface area contributed by atoms with Crippen LogP contribution in [0.15, 0.2) is 59.8 Å². The molecule has 0 amide bonds. The summed E-state index contributed by atoms with van der Waals surface area (Å²) in [5.74, 6) is 0.660. The minimum Gasteiger partial charge on any atom is -0.496 e. The van der Waals surface area contributed by atoms with Crippen molar-refractivity contribution in [1.82, 2.24) is 14.1 Å². The molecule has 0 saturated carbocycles. The van der Waals surface area contributed by atoms with E-state index < -0.39 is 0 Å². The van der Waals surface area contributed by atoms with Gasteiger partial charge in [-0.05, 0) is 37.3 Å². The molecule has 0 unspecified atom stereocenters. The Morgan fingerprint density at radius 3 is 2.73 bits per heavy atom. The first-order chi connectivity index (χ1) is 12.6. The minimum atomic E-state index is -0.230. The molecule has 0 fully saturated rings. The van der Waals surface area contributed by atoms with Gasteiger partial charge < -0.3 is 14.3 Å². The zero-order valence-electron chi connectivity index (χ0n) is 14.5. The quantitative estimate of drug-likeness (QED) is 0.436. The molecule has 0 aliphatic carbocycles. The lowest BCUT2D eigenvalue weighted by molar-refractivity contribution is -0.910. The van der Waals surface area contributed by atoms with E-state index in [1.54, 1.807) is 17.7 Å². The number of methoxy groups -OCH3 is 1. The van der Waals surface area contributed by atoms with E-state index in [-0.39, 0.29) is 12.2 Å². The minimum absolute atomic E-state index is 0.223. The lowest BCUT2D eigenvalue weighted by Crippen LogP contribution is -2.38. The highest BCUT2D eigenvalue weighted by Gasteiger charge is 2.21. The normalized spacial score (nSPS) is 11.2. The number of H-pyrrole nitrogens is 1. The second-order valence-electron chi connectivity index (χ2n) is 6.11. The summed E-state index contributed by atoms with van der Waals surface area (Å²) in [5.41, 5.74) is 3.61. The topological polar surface area (TPSA) is 76.1 Å². The third-order valence-electron chi connectivity index (χ3n) is 4.63. The van der Waals surface area contributed by atoms with Crippen LogP contribution in [0.3, 0.4) is 0 Å². The lowest BCUT2D eigenvalue weighted by Gasteiger charge is -2.07. The molecule has 7 heteroatoms. The molecule has 2 N–H and O–H groups in total. The molecule has 0 spiro atoms. The molecule has 0 radical (unpaired) electrons. The van der Waals surface area contributed by atoms with E-state index in [2.05, 4.69) is 4.98 Å². The molecule has 4 aromatic rings. The highest BCUT2D eigenvalue weighted by atomic mass is 16.5. The van der Waals surface area contributed by atoms with Crippen LogP contribution in [0.5, 0.6) is 5.75 Å². The summed E-state index contributed by atoms with van der Waals surface area (Å²) in [5, 5.41) is 10.2. The van der Waals surface area contributed by atoms with Gasteiger partial charge in [0, 0.05) is 28.9 Å². The Bertz CT molecular complexity index is 1140. The monoisotopic (exact) mass is 351 g/mol. The molecule has 4 rings (SSSR count). The van der Waals surface area contributed by atoms with Crippen LogP contribution < -0.4 is 15.2 Å². The maximum Gasteiger partial charge on any atom is 0.326 e. The van der Waals surface area contributed by atoms with Crippen molar-refractivity contribution in [2.24, 2.45) is 0 Å². The van der Waals surface area contributed by atoms with Crippen LogP contribution in [0, 0.1) is 6.92 Å². The summed E-state index contributed by atoms with van der Waals surface area (Å²) >= 11 is 0. The SMILES string of the molecule is COc1cc[n+](O)c(Cn2c(=O)[nH]c3cc(-n4cccc4)ccc32)c1C. The van der Waals surface area contributed by atoms with Crippen LogP contribution in [-0.4, -0.2) is 26.4 Å². The van der Waals surface area contributed by atoms with E-state index >= 15 is 0 Å². The highest BCUT2D eigenvalue weighted by Crippen LogP contribution is 2.20. The van der Waals surface area contributed by atoms with Crippen LogP contribution in [0.2, 0.25) is 0 Å². The number of nitrogens with zero attached hydrogens (tertiary/aromatic N) is 3. The van der Waals surface area contributed by atoms with Gasteiger partial charge in [-0.25, -0.2) is 4.79 Å². The fraction of sp³-hybridized carbons (Fsp3) is 0.158. The fourth-order valence-electron chi connectivity index (χ4n) is 3.21. The van der Waals surface area contributed by atoms with Crippen LogP contribution in [0.4, 0.5) is 0 Å². The predicted octanol–water partition coefficient (Wildman–Crippen LogP) is 2.01. The van der Waals surface area contributed by atoms with Crippen molar-refractivity contribution in [1.29, 1.82) is 0 Å². The first-order valence-corrected chi connectivity index (χ1v) is 8.22. The Morgan fingerprint density at radius 1 is 1.23 bits per heavy atom. The molecule has 0 atom stereocenters. The average Bonchev–Trinajstić information content (AvgIpc) is 3.26. The molecule has 132 valence electrons. The van der Waals surface area contributed by atoms with Gasteiger partial charge in [0.1, 0.15) is 12.3 Å². The van der Waals surface area contributed by atoms with Crippen LogP contribution >= 0.6 is 0 Å². The second-order valence-corrected chi connectivity index (χ2v) is 6.11. The van der Waals surface area contributed by atoms with Crippen molar-refractivity contribution in [3.8, 4) is 11.4 Å². The number of aromatic nitrogens is 4. The zero-order valence-corrected chi connectivity index (χ0v) is 14.5. The van der Waals surface area contributed by atoms with Crippen molar-refractivity contribution in [3.05, 3.63) is 76.7 Å². The van der Waals surface area contributed by atoms with Crippen LogP contribution in [-0.2, 0) is 6.54 Å². The Kier molecular flexibility index (Phi) is 3.76. The highest BCUT2D eigenvalue weighted by molar-refractivity contribution is 5.77. The van der Waals surface area contributed by atoms with E-state index in [1.807, 2.05) is 54.2 Å². The summed E-state index contributed by atoms with van der Waals surface area (Å²) < 4.78 is 9.91. The number of hydrogen-bond donors (Lipinski definition) is 2. The number of nitrogens with one attached hydrogen (secondary N) is 1. The molecule has 3 heterocycles. The molecule has 1 aromatic carbocycles. The van der Waals surface area contributed by atoms with Crippen LogP contribution in [0.1, 0.15) is 11.3 Å². The van der Waals surface area contributed by atoms with Gasteiger partial charge in [0.25, 0.3) is 5.69 Å². The number of pyridine rings is 1. The molecule has 0 bridgehead atoms.